The lowest BCUT2D eigenvalue weighted by atomic mass is 10.0. The average Bonchev–Trinajstić information content (AvgIpc) is 3.48. The van der Waals surface area contributed by atoms with Crippen molar-refractivity contribution in [1.82, 2.24) is 9.55 Å². The van der Waals surface area contributed by atoms with Gasteiger partial charge in [0.25, 0.3) is 11.5 Å². The molecular weight excluding hydrogens is 572 g/mol. The number of nitrogens with zero attached hydrogens (tertiary/aromatic N) is 3. The molecule has 0 saturated carbocycles. The van der Waals surface area contributed by atoms with E-state index in [-0.39, 0.29) is 17.0 Å². The molecular formula is C32H29F2N5O5. The zero-order valence-corrected chi connectivity index (χ0v) is 23.5. The summed E-state index contributed by atoms with van der Waals surface area (Å²) in [5, 5.41) is 2.55. The van der Waals surface area contributed by atoms with Crippen LogP contribution in [0.1, 0.15) is 28.9 Å². The lowest BCUT2D eigenvalue weighted by molar-refractivity contribution is -0.169. The van der Waals surface area contributed by atoms with Gasteiger partial charge in [-0.1, -0.05) is 0 Å². The minimum absolute atomic E-state index is 0.0997. The number of hydrogen-bond acceptors (Lipinski definition) is 8. The van der Waals surface area contributed by atoms with Gasteiger partial charge in [0.2, 0.25) is 0 Å². The molecule has 4 aromatic rings. The molecule has 0 aliphatic carbocycles. The Hall–Kier alpha value is -5.07. The lowest BCUT2D eigenvalue weighted by Crippen LogP contribution is -2.45. The summed E-state index contributed by atoms with van der Waals surface area (Å²) < 4.78 is 47.4. The molecule has 1 amide bonds. The van der Waals surface area contributed by atoms with Crippen molar-refractivity contribution in [3.8, 4) is 17.2 Å². The van der Waals surface area contributed by atoms with Crippen molar-refractivity contribution in [1.29, 1.82) is 0 Å². The van der Waals surface area contributed by atoms with E-state index < -0.39 is 28.9 Å². The zero-order chi connectivity index (χ0) is 30.7. The second-order valence-corrected chi connectivity index (χ2v) is 10.3. The van der Waals surface area contributed by atoms with Crippen LogP contribution in [0.4, 0.5) is 20.2 Å². The number of anilines is 2. The van der Waals surface area contributed by atoms with E-state index in [1.807, 2.05) is 0 Å². The number of halogens is 2. The number of hydrogen-bond donors (Lipinski definition) is 2. The highest BCUT2D eigenvalue weighted by Crippen LogP contribution is 2.36. The smallest absolute Gasteiger partial charge is 0.267 e. The van der Waals surface area contributed by atoms with Crippen LogP contribution in [0.25, 0.3) is 11.8 Å². The Bertz CT molecular complexity index is 1760. The first kappa shape index (κ1) is 29.0. The summed E-state index contributed by atoms with van der Waals surface area (Å²) in [6.07, 6.45) is 7.46. The van der Waals surface area contributed by atoms with E-state index in [0.29, 0.717) is 56.3 Å². The predicted octanol–water partition coefficient (Wildman–Crippen LogP) is 4.83. The minimum Gasteiger partial charge on any atom is -0.452 e. The van der Waals surface area contributed by atoms with Crippen molar-refractivity contribution >= 4 is 23.4 Å². The number of nitrogens with two attached hydrogens (primary N) is 1. The van der Waals surface area contributed by atoms with Crippen molar-refractivity contribution in [2.24, 2.45) is 5.73 Å². The third-order valence-electron chi connectivity index (χ3n) is 7.53. The Balaban J connectivity index is 1.18. The number of aromatic nitrogens is 2. The van der Waals surface area contributed by atoms with Crippen LogP contribution in [0.5, 0.6) is 11.5 Å². The maximum atomic E-state index is 15.3. The summed E-state index contributed by atoms with van der Waals surface area (Å²) in [5.41, 5.74) is 6.52. The van der Waals surface area contributed by atoms with Crippen LogP contribution in [0.3, 0.4) is 0 Å². The number of nitrogens with one attached hydrogen (secondary N) is 1. The quantitative estimate of drug-likeness (QED) is 0.309. The van der Waals surface area contributed by atoms with Gasteiger partial charge in [-0.2, -0.15) is 0 Å². The van der Waals surface area contributed by atoms with E-state index in [1.54, 1.807) is 18.3 Å². The molecule has 0 atom stereocenters. The molecule has 6 rings (SSSR count). The molecule has 0 bridgehead atoms. The molecule has 1 spiro atoms. The third-order valence-corrected chi connectivity index (χ3v) is 7.53. The van der Waals surface area contributed by atoms with Crippen molar-refractivity contribution in [3.63, 3.8) is 0 Å². The summed E-state index contributed by atoms with van der Waals surface area (Å²) in [4.78, 5) is 32.5. The number of ether oxygens (including phenoxy) is 3. The third kappa shape index (κ3) is 6.03. The van der Waals surface area contributed by atoms with E-state index in [2.05, 4.69) is 15.2 Å². The van der Waals surface area contributed by atoms with E-state index in [1.165, 1.54) is 65.5 Å². The number of piperidine rings is 1. The summed E-state index contributed by atoms with van der Waals surface area (Å²) in [6.45, 7) is 2.56. The van der Waals surface area contributed by atoms with Gasteiger partial charge in [-0.05, 0) is 60.8 Å². The molecule has 2 saturated heterocycles. The topological polar surface area (TPSA) is 121 Å². The molecule has 3 N–H and O–H groups in total. The molecule has 2 aliphatic heterocycles. The van der Waals surface area contributed by atoms with E-state index >= 15 is 4.39 Å². The standard InChI is InChI=1S/C32H29F2N5O5/c33-21-3-6-23(7-4-21)39-13-1-2-25(31(39)41)30(40)37-22-5-8-28(26(34)18-22)44-29-19-24(20-36-27(29)9-12-35)38-14-10-32(11-15-38)42-16-17-43-32/h1-9,12-13,18-20H,10-11,14-17,35H2,(H,37,40). The van der Waals surface area contributed by atoms with Gasteiger partial charge in [-0.25, -0.2) is 8.78 Å². The Morgan fingerprint density at radius 1 is 1.00 bits per heavy atom. The number of benzene rings is 2. The van der Waals surface area contributed by atoms with Crippen LogP contribution in [-0.4, -0.2) is 47.5 Å². The van der Waals surface area contributed by atoms with Crippen LogP contribution in [0.2, 0.25) is 0 Å². The van der Waals surface area contributed by atoms with Crippen molar-refractivity contribution in [2.75, 3.05) is 36.5 Å². The molecule has 2 fully saturated rings. The van der Waals surface area contributed by atoms with Gasteiger partial charge in [-0.15, -0.1) is 0 Å². The van der Waals surface area contributed by atoms with Crippen LogP contribution < -0.4 is 26.2 Å². The Kier molecular flexibility index (Phi) is 8.09. The van der Waals surface area contributed by atoms with Gasteiger partial charge in [0.15, 0.2) is 23.1 Å². The van der Waals surface area contributed by atoms with Crippen molar-refractivity contribution in [3.05, 3.63) is 113 Å². The number of rotatable bonds is 7. The SMILES string of the molecule is NC=Cc1ncc(N2CCC3(CC2)OCCO3)cc1Oc1ccc(NC(=O)c2cccn(-c3ccc(F)cc3)c2=O)cc1F. The Morgan fingerprint density at radius 3 is 2.45 bits per heavy atom. The number of carbonyl (C=O) groups is 1. The normalized spacial score (nSPS) is 16.0. The van der Waals surface area contributed by atoms with Gasteiger partial charge in [0.05, 0.1) is 25.1 Å². The molecule has 4 heterocycles. The molecule has 0 unspecified atom stereocenters. The van der Waals surface area contributed by atoms with E-state index in [9.17, 15) is 14.0 Å². The maximum absolute atomic E-state index is 15.3. The second-order valence-electron chi connectivity index (χ2n) is 10.3. The monoisotopic (exact) mass is 601 g/mol. The number of pyridine rings is 2. The molecule has 2 aromatic heterocycles. The fourth-order valence-corrected chi connectivity index (χ4v) is 5.26. The molecule has 10 nitrogen and oxygen atoms in total. The maximum Gasteiger partial charge on any atom is 0.267 e. The van der Waals surface area contributed by atoms with E-state index in [0.717, 1.165) is 11.8 Å². The van der Waals surface area contributed by atoms with Crippen molar-refractivity contribution < 1.29 is 27.8 Å². The largest absolute Gasteiger partial charge is 0.452 e. The second kappa shape index (κ2) is 12.3. The van der Waals surface area contributed by atoms with Crippen LogP contribution in [0, 0.1) is 11.6 Å². The summed E-state index contributed by atoms with van der Waals surface area (Å²) >= 11 is 0. The highest BCUT2D eigenvalue weighted by Gasteiger charge is 2.40. The predicted molar refractivity (Wildman–Crippen MR) is 160 cm³/mol. The highest BCUT2D eigenvalue weighted by molar-refractivity contribution is 6.04. The molecule has 226 valence electrons. The highest BCUT2D eigenvalue weighted by atomic mass is 19.1. The van der Waals surface area contributed by atoms with Gasteiger partial charge >= 0.3 is 0 Å². The van der Waals surface area contributed by atoms with Gasteiger partial charge in [0, 0.05) is 55.6 Å². The first-order chi connectivity index (χ1) is 21.3. The van der Waals surface area contributed by atoms with E-state index in [4.69, 9.17) is 19.9 Å². The zero-order valence-electron chi connectivity index (χ0n) is 23.5. The van der Waals surface area contributed by atoms with Gasteiger partial charge in [0.1, 0.15) is 17.1 Å². The molecule has 0 radical (unpaired) electrons. The molecule has 2 aliphatic rings. The molecule has 2 aromatic carbocycles. The number of carbonyl (C=O) groups excluding carboxylic acids is 1. The first-order valence-corrected chi connectivity index (χ1v) is 14.0. The van der Waals surface area contributed by atoms with Crippen LogP contribution in [-0.2, 0) is 9.47 Å². The molecule has 44 heavy (non-hydrogen) atoms. The summed E-state index contributed by atoms with van der Waals surface area (Å²) in [6, 6.07) is 13.8. The van der Waals surface area contributed by atoms with Crippen molar-refractivity contribution in [2.45, 2.75) is 18.6 Å². The summed E-state index contributed by atoms with van der Waals surface area (Å²) in [5.74, 6) is -2.26. The van der Waals surface area contributed by atoms with Crippen LogP contribution >= 0.6 is 0 Å². The number of amides is 1. The van der Waals surface area contributed by atoms with Gasteiger partial charge < -0.3 is 30.2 Å². The molecule has 12 heteroatoms. The average molecular weight is 602 g/mol. The van der Waals surface area contributed by atoms with Gasteiger partial charge in [-0.3, -0.25) is 19.1 Å². The summed E-state index contributed by atoms with van der Waals surface area (Å²) in [7, 11) is 0. The fraction of sp³-hybridized carbons (Fsp3) is 0.219. The fourth-order valence-electron chi connectivity index (χ4n) is 5.26. The Morgan fingerprint density at radius 2 is 1.75 bits per heavy atom. The Labute approximate surface area is 251 Å². The van der Waals surface area contributed by atoms with Crippen LogP contribution in [0.15, 0.2) is 84.1 Å². The lowest BCUT2D eigenvalue weighted by Gasteiger charge is -2.38. The first-order valence-electron chi connectivity index (χ1n) is 14.0. The minimum atomic E-state index is -0.747.